The van der Waals surface area contributed by atoms with Crippen molar-refractivity contribution in [2.24, 2.45) is 29.6 Å². The summed E-state index contributed by atoms with van der Waals surface area (Å²) in [5.74, 6) is 2.68. The number of rotatable bonds is 25. The zero-order valence-corrected chi connectivity index (χ0v) is 57.7. The lowest BCUT2D eigenvalue weighted by atomic mass is 9.82. The molecule has 5 N–H and O–H groups in total. The number of nitrogens with zero attached hydrogens (tertiary/aromatic N) is 9. The van der Waals surface area contributed by atoms with E-state index in [2.05, 4.69) is 76.9 Å². The van der Waals surface area contributed by atoms with E-state index in [9.17, 15) is 21.6 Å². The second kappa shape index (κ2) is 32.9. The van der Waals surface area contributed by atoms with Crippen LogP contribution in [-0.4, -0.2) is 166 Å². The normalized spacial score (nSPS) is 21.3. The van der Waals surface area contributed by atoms with Gasteiger partial charge >= 0.3 is 0 Å². The van der Waals surface area contributed by atoms with E-state index in [-0.39, 0.29) is 0 Å². The van der Waals surface area contributed by atoms with Crippen LogP contribution in [0.4, 0.5) is 15.4 Å². The number of ether oxygens (including phenoxy) is 2. The van der Waals surface area contributed by atoms with Crippen LogP contribution in [0.3, 0.4) is 0 Å². The molecule has 7 heterocycles. The molecule has 0 aromatic carbocycles. The van der Waals surface area contributed by atoms with Crippen LogP contribution in [0.25, 0.3) is 33.3 Å². The summed E-state index contributed by atoms with van der Waals surface area (Å²) in [7, 11) is -1.94. The molecule has 3 aliphatic carbocycles. The Morgan fingerprint density at radius 2 is 1.02 bits per heavy atom. The maximum absolute atomic E-state index is 12.4. The quantitative estimate of drug-likeness (QED) is 0.0334. The van der Waals surface area contributed by atoms with Crippen molar-refractivity contribution in [1.82, 2.24) is 52.9 Å². The van der Waals surface area contributed by atoms with Gasteiger partial charge in [-0.05, 0) is 148 Å². The van der Waals surface area contributed by atoms with Crippen molar-refractivity contribution in [3.8, 4) is 33.3 Å². The van der Waals surface area contributed by atoms with Crippen LogP contribution in [0, 0.1) is 71.1 Å². The second-order valence-corrected chi connectivity index (χ2v) is 33.6. The summed E-state index contributed by atoms with van der Waals surface area (Å²) in [4.78, 5) is 45.7. The lowest BCUT2D eigenvalue weighted by molar-refractivity contribution is -0.121. The summed E-state index contributed by atoms with van der Waals surface area (Å²) in [5, 5.41) is 20.7. The van der Waals surface area contributed by atoms with E-state index in [1.165, 1.54) is 23.2 Å². The molecular weight excluding hydrogens is 1250 g/mol. The van der Waals surface area contributed by atoms with E-state index >= 15 is 0 Å². The van der Waals surface area contributed by atoms with Gasteiger partial charge in [0.15, 0.2) is 15.4 Å². The van der Waals surface area contributed by atoms with Crippen molar-refractivity contribution in [2.75, 3.05) is 109 Å². The van der Waals surface area contributed by atoms with E-state index in [4.69, 9.17) is 19.4 Å². The fraction of sp³-hybridized carbons (Fsp3) is 0.667. The third kappa shape index (κ3) is 20.2. The first kappa shape index (κ1) is 68.2. The Morgan fingerprint density at radius 3 is 1.45 bits per heavy atom. The number of hydrogen-bond donors (Lipinski definition) is 5. The number of amides is 1. The monoisotopic (exact) mass is 1340 g/mol. The van der Waals surface area contributed by atoms with Crippen LogP contribution in [-0.2, 0) is 34.7 Å². The molecule has 0 atom stereocenters. The van der Waals surface area contributed by atoms with Gasteiger partial charge in [0.2, 0.25) is 6.41 Å². The predicted octanol–water partition coefficient (Wildman–Crippen LogP) is 10.7. The molecule has 0 spiro atoms. The summed E-state index contributed by atoms with van der Waals surface area (Å²) >= 11 is 10.1. The van der Waals surface area contributed by atoms with Gasteiger partial charge in [0.05, 0.1) is 45.4 Å². The number of hydrogen-bond acceptors (Lipinski definition) is 22. The minimum atomic E-state index is -3.39. The number of carbonyl (C=O) groups excluding carboxylic acids is 1. The number of morpholine rings is 1. The highest BCUT2D eigenvalue weighted by Crippen LogP contribution is 2.37. The zero-order chi connectivity index (χ0) is 61.4. The van der Waals surface area contributed by atoms with Gasteiger partial charge in [0, 0.05) is 111 Å². The summed E-state index contributed by atoms with van der Waals surface area (Å²) in [6, 6.07) is 0.358. The molecule has 1 saturated heterocycles. The molecular formula is C57H88N14O7S8. The van der Waals surface area contributed by atoms with Crippen LogP contribution in [0.1, 0.15) is 107 Å². The van der Waals surface area contributed by atoms with Crippen LogP contribution in [0.15, 0.2) is 17.0 Å². The minimum Gasteiger partial charge on any atom is -0.383 e. The Morgan fingerprint density at radius 1 is 0.593 bits per heavy atom. The standard InChI is InChI=1S/C20H31N5O3S3.C19H28N4O2S2.C18H29N5O2S3/c1-14-19(23-15(2)30-14)18-13-29-20(24-18)21-11-16-3-5-17(6-4-16)12-22-31(26,27)25-7-9-28-10-8-25;1-13-18(21-14(2)27-13)17-11-26-19(22-17)20-10-15-4-6-16(7-5-15)23(12-24)8-9-25-3;1-12-17(22-13(2)26-12)16-11-20-18(27-16)19-9-14-5-7-15(8-6-14)10-21-28(24,25)23(3)4/h13,16-17,22H,3-12H2,1-2H3,(H,21,24);11-12,15-16H,4-10H2,1-3H3,(H,20,22);11,14-15,21H,5-10H2,1-4H3,(H,19,20). The molecule has 6 aromatic heterocycles. The lowest BCUT2D eigenvalue weighted by Crippen LogP contribution is -2.47. The minimum absolute atomic E-state index is 0.358. The van der Waals surface area contributed by atoms with Crippen LogP contribution in [0.5, 0.6) is 0 Å². The summed E-state index contributed by atoms with van der Waals surface area (Å²) < 4.78 is 67.0. The Hall–Kier alpha value is -3.69. The largest absolute Gasteiger partial charge is 0.383 e. The topological polar surface area (TPSA) is 251 Å². The summed E-state index contributed by atoms with van der Waals surface area (Å²) in [5.41, 5.74) is 4.96. The van der Waals surface area contributed by atoms with Crippen molar-refractivity contribution < 1.29 is 31.1 Å². The first-order valence-electron chi connectivity index (χ1n) is 29.9. The van der Waals surface area contributed by atoms with Crippen LogP contribution >= 0.6 is 68.0 Å². The third-order valence-corrected chi connectivity index (χ3v) is 24.7. The summed E-state index contributed by atoms with van der Waals surface area (Å²) in [6.07, 6.45) is 16.0. The number of aryl methyl sites for hydroxylation is 6. The van der Waals surface area contributed by atoms with Gasteiger partial charge in [0.25, 0.3) is 20.4 Å². The lowest BCUT2D eigenvalue weighted by Gasteiger charge is -2.34. The molecule has 4 fully saturated rings. The molecule has 1 aliphatic heterocycles. The number of methoxy groups -OCH3 is 1. The maximum Gasteiger partial charge on any atom is 0.279 e. The third-order valence-electron chi connectivity index (χ3n) is 16.4. The van der Waals surface area contributed by atoms with Crippen molar-refractivity contribution in [3.05, 3.63) is 46.6 Å². The molecule has 10 rings (SSSR count). The smallest absolute Gasteiger partial charge is 0.279 e. The first-order valence-corrected chi connectivity index (χ1v) is 37.8. The van der Waals surface area contributed by atoms with Gasteiger partial charge in [0.1, 0.15) is 22.8 Å². The van der Waals surface area contributed by atoms with E-state index in [0.29, 0.717) is 88.2 Å². The molecule has 1 amide bonds. The zero-order valence-electron chi connectivity index (χ0n) is 51.2. The highest BCUT2D eigenvalue weighted by atomic mass is 32.2. The van der Waals surface area contributed by atoms with Gasteiger partial charge in [-0.25, -0.2) is 39.3 Å². The molecule has 29 heteroatoms. The molecule has 0 bridgehead atoms. The van der Waals surface area contributed by atoms with E-state index in [1.807, 2.05) is 31.9 Å². The Balaban J connectivity index is 0.000000168. The Kier molecular flexibility index (Phi) is 26.1. The van der Waals surface area contributed by atoms with Gasteiger partial charge in [-0.1, -0.05) is 11.3 Å². The SMILES string of the molecule is COCCN(C=O)C1CCC(CNc2nc(-c3nc(C)sc3C)cs2)CC1.Cc1nc(-c2cnc(NCC3CCC(CNS(=O)(=O)N(C)C)CC3)s2)c(C)s1.Cc1nc(-c2csc(NCC3CCC(CNS(=O)(=O)N4CCOCC4)CC3)n2)c(C)s1. The van der Waals surface area contributed by atoms with Crippen molar-refractivity contribution >= 4 is 110 Å². The Bertz CT molecular complexity index is 3260. The van der Waals surface area contributed by atoms with Crippen molar-refractivity contribution in [3.63, 3.8) is 0 Å². The van der Waals surface area contributed by atoms with E-state index in [0.717, 1.165) is 167 Å². The highest BCUT2D eigenvalue weighted by Gasteiger charge is 2.29. The number of thiazole rings is 6. The highest BCUT2D eigenvalue weighted by molar-refractivity contribution is 7.87. The number of carbonyl (C=O) groups is 1. The second-order valence-electron chi connectivity index (χ2n) is 22.9. The van der Waals surface area contributed by atoms with Crippen molar-refractivity contribution in [2.45, 2.75) is 125 Å². The van der Waals surface area contributed by atoms with Crippen molar-refractivity contribution in [1.29, 1.82) is 0 Å². The van der Waals surface area contributed by atoms with Crippen LogP contribution < -0.4 is 25.4 Å². The Labute approximate surface area is 533 Å². The maximum atomic E-state index is 12.4. The van der Waals surface area contributed by atoms with Gasteiger partial charge < -0.3 is 30.3 Å². The number of anilines is 3. The van der Waals surface area contributed by atoms with Crippen LogP contribution in [0.2, 0.25) is 0 Å². The molecule has 6 aromatic rings. The molecule has 0 radical (unpaired) electrons. The average molecular weight is 1340 g/mol. The predicted molar refractivity (Wildman–Crippen MR) is 355 cm³/mol. The number of nitrogens with one attached hydrogen (secondary N) is 5. The molecule has 3 saturated carbocycles. The van der Waals surface area contributed by atoms with Gasteiger partial charge in [-0.3, -0.25) is 4.79 Å². The fourth-order valence-corrected chi connectivity index (χ4v) is 18.1. The molecule has 0 unspecified atom stereocenters. The molecule has 476 valence electrons. The van der Waals surface area contributed by atoms with Gasteiger partial charge in [-0.15, -0.1) is 56.7 Å². The fourth-order valence-electron chi connectivity index (χ4n) is 11.3. The molecule has 86 heavy (non-hydrogen) atoms. The summed E-state index contributed by atoms with van der Waals surface area (Å²) in [6.45, 7) is 19.3. The average Bonchev–Trinajstić information content (AvgIpc) is 3.58. The van der Waals surface area contributed by atoms with Gasteiger partial charge in [-0.2, -0.15) is 25.4 Å². The number of aromatic nitrogens is 6. The van der Waals surface area contributed by atoms with E-state index in [1.54, 1.807) is 89.2 Å². The first-order chi connectivity index (χ1) is 41.2. The van der Waals surface area contributed by atoms with E-state index < -0.39 is 20.4 Å². The molecule has 4 aliphatic rings. The molecule has 21 nitrogen and oxygen atoms in total.